The standard InChI is InChI=1S/C28H27ClN4O3/c29-22-7-9-27-30-16-24(33(27)18-22)23(21-4-2-1-3-5-21)15-28(34)32-12-10-31(11-13-32)17-20-6-8-25-26(14-20)36-19-35-25/h1-9,14,16,18,23H,10-13,15,17,19H2. The molecule has 1 atom stereocenters. The van der Waals surface area contributed by atoms with Crippen molar-refractivity contribution in [1.82, 2.24) is 19.2 Å². The molecule has 7 nitrogen and oxygen atoms in total. The van der Waals surface area contributed by atoms with Crippen LogP contribution in [-0.4, -0.2) is 58.1 Å². The Bertz CT molecular complexity index is 1380. The van der Waals surface area contributed by atoms with Gasteiger partial charge in [0.15, 0.2) is 11.5 Å². The molecule has 0 spiro atoms. The Morgan fingerprint density at radius 1 is 0.972 bits per heavy atom. The second-order valence-corrected chi connectivity index (χ2v) is 9.71. The number of carbonyl (C=O) groups excluding carboxylic acids is 1. The second-order valence-electron chi connectivity index (χ2n) is 9.27. The first-order valence-electron chi connectivity index (χ1n) is 12.2. The van der Waals surface area contributed by atoms with E-state index in [0.29, 0.717) is 24.5 Å². The predicted molar refractivity (Wildman–Crippen MR) is 138 cm³/mol. The highest BCUT2D eigenvalue weighted by atomic mass is 35.5. The quantitative estimate of drug-likeness (QED) is 0.386. The minimum Gasteiger partial charge on any atom is -0.454 e. The fraction of sp³-hybridized carbons (Fsp3) is 0.286. The monoisotopic (exact) mass is 502 g/mol. The first kappa shape index (κ1) is 22.9. The number of rotatable bonds is 6. The van der Waals surface area contributed by atoms with Crippen molar-refractivity contribution in [2.24, 2.45) is 0 Å². The highest BCUT2D eigenvalue weighted by molar-refractivity contribution is 6.30. The molecule has 0 saturated carbocycles. The number of fused-ring (bicyclic) bond motifs is 2. The molecular weight excluding hydrogens is 476 g/mol. The van der Waals surface area contributed by atoms with Crippen molar-refractivity contribution in [1.29, 1.82) is 0 Å². The van der Waals surface area contributed by atoms with Crippen molar-refractivity contribution in [3.05, 3.63) is 94.9 Å². The Kier molecular flexibility index (Phi) is 6.25. The van der Waals surface area contributed by atoms with Gasteiger partial charge >= 0.3 is 0 Å². The number of ether oxygens (including phenoxy) is 2. The van der Waals surface area contributed by atoms with Crippen LogP contribution in [0.1, 0.15) is 29.2 Å². The number of benzene rings is 2. The van der Waals surface area contributed by atoms with Crippen molar-refractivity contribution < 1.29 is 14.3 Å². The summed E-state index contributed by atoms with van der Waals surface area (Å²) in [5.74, 6) is 1.65. The molecule has 2 aliphatic rings. The molecule has 1 unspecified atom stereocenters. The summed E-state index contributed by atoms with van der Waals surface area (Å²) in [6, 6.07) is 20.0. The topological polar surface area (TPSA) is 59.3 Å². The van der Waals surface area contributed by atoms with Gasteiger partial charge in [0.05, 0.1) is 10.7 Å². The zero-order chi connectivity index (χ0) is 24.5. The lowest BCUT2D eigenvalue weighted by atomic mass is 9.92. The largest absolute Gasteiger partial charge is 0.454 e. The molecule has 0 aliphatic carbocycles. The Balaban J connectivity index is 1.14. The van der Waals surface area contributed by atoms with Gasteiger partial charge in [0.2, 0.25) is 12.7 Å². The zero-order valence-corrected chi connectivity index (χ0v) is 20.6. The number of amides is 1. The second kappa shape index (κ2) is 9.84. The van der Waals surface area contributed by atoms with E-state index in [4.69, 9.17) is 21.1 Å². The smallest absolute Gasteiger partial charge is 0.231 e. The number of aromatic nitrogens is 2. The molecule has 36 heavy (non-hydrogen) atoms. The van der Waals surface area contributed by atoms with Crippen LogP contribution >= 0.6 is 11.6 Å². The highest BCUT2D eigenvalue weighted by Gasteiger charge is 2.27. The molecule has 1 amide bonds. The van der Waals surface area contributed by atoms with E-state index in [1.807, 2.05) is 64.2 Å². The third-order valence-corrected chi connectivity index (χ3v) is 7.23. The van der Waals surface area contributed by atoms with E-state index >= 15 is 0 Å². The van der Waals surface area contributed by atoms with Crippen molar-refractivity contribution in [2.45, 2.75) is 18.9 Å². The van der Waals surface area contributed by atoms with Gasteiger partial charge in [-0.05, 0) is 35.4 Å². The summed E-state index contributed by atoms with van der Waals surface area (Å²) >= 11 is 6.28. The summed E-state index contributed by atoms with van der Waals surface area (Å²) in [7, 11) is 0. The lowest BCUT2D eigenvalue weighted by Crippen LogP contribution is -2.48. The molecule has 0 radical (unpaired) electrons. The predicted octanol–water partition coefficient (Wildman–Crippen LogP) is 4.58. The summed E-state index contributed by atoms with van der Waals surface area (Å²) in [4.78, 5) is 22.4. The fourth-order valence-electron chi connectivity index (χ4n) is 5.07. The molecule has 6 rings (SSSR count). The first-order valence-corrected chi connectivity index (χ1v) is 12.6. The lowest BCUT2D eigenvalue weighted by Gasteiger charge is -2.35. The Morgan fingerprint density at radius 3 is 2.61 bits per heavy atom. The summed E-state index contributed by atoms with van der Waals surface area (Å²) in [5.41, 5.74) is 4.07. The summed E-state index contributed by atoms with van der Waals surface area (Å²) in [5, 5.41) is 0.637. The van der Waals surface area contributed by atoms with E-state index < -0.39 is 0 Å². The van der Waals surface area contributed by atoms with E-state index in [9.17, 15) is 4.79 Å². The Morgan fingerprint density at radius 2 is 1.78 bits per heavy atom. The van der Waals surface area contributed by atoms with Crippen LogP contribution in [0.5, 0.6) is 11.5 Å². The van der Waals surface area contributed by atoms with Crippen LogP contribution in [0.3, 0.4) is 0 Å². The van der Waals surface area contributed by atoms with Gasteiger partial charge in [-0.2, -0.15) is 0 Å². The van der Waals surface area contributed by atoms with Crippen LogP contribution in [-0.2, 0) is 11.3 Å². The number of pyridine rings is 1. The van der Waals surface area contributed by atoms with E-state index in [0.717, 1.165) is 48.0 Å². The molecule has 2 aromatic carbocycles. The lowest BCUT2D eigenvalue weighted by molar-refractivity contribution is -0.133. The van der Waals surface area contributed by atoms with Crippen LogP contribution in [0, 0.1) is 0 Å². The van der Waals surface area contributed by atoms with Crippen LogP contribution in [0.2, 0.25) is 5.02 Å². The SMILES string of the molecule is O=C(CC(c1ccccc1)c1cnc2ccc(Cl)cn12)N1CCN(Cc2ccc3c(c2)OCO3)CC1. The summed E-state index contributed by atoms with van der Waals surface area (Å²) < 4.78 is 12.9. The number of nitrogens with zero attached hydrogens (tertiary/aromatic N) is 4. The van der Waals surface area contributed by atoms with E-state index in [1.54, 1.807) is 0 Å². The van der Waals surface area contributed by atoms with E-state index in [-0.39, 0.29) is 18.6 Å². The Hall–Kier alpha value is -3.55. The van der Waals surface area contributed by atoms with Crippen LogP contribution < -0.4 is 9.47 Å². The van der Waals surface area contributed by atoms with Crippen molar-refractivity contribution in [2.75, 3.05) is 33.0 Å². The van der Waals surface area contributed by atoms with Gasteiger partial charge in [0.1, 0.15) is 5.65 Å². The van der Waals surface area contributed by atoms with Gasteiger partial charge in [-0.15, -0.1) is 0 Å². The third kappa shape index (κ3) is 4.64. The molecule has 4 heterocycles. The summed E-state index contributed by atoms with van der Waals surface area (Å²) in [6.45, 7) is 4.20. The molecule has 2 aliphatic heterocycles. The zero-order valence-electron chi connectivity index (χ0n) is 19.8. The van der Waals surface area contributed by atoms with Crippen LogP contribution in [0.4, 0.5) is 0 Å². The fourth-order valence-corrected chi connectivity index (χ4v) is 5.23. The van der Waals surface area contributed by atoms with Gasteiger partial charge in [0.25, 0.3) is 0 Å². The average molecular weight is 503 g/mol. The number of halogens is 1. The highest BCUT2D eigenvalue weighted by Crippen LogP contribution is 2.33. The van der Waals surface area contributed by atoms with Gasteiger partial charge in [0, 0.05) is 57.5 Å². The number of hydrogen-bond donors (Lipinski definition) is 0. The number of imidazole rings is 1. The van der Waals surface area contributed by atoms with Gasteiger partial charge < -0.3 is 18.8 Å². The minimum atomic E-state index is -0.112. The van der Waals surface area contributed by atoms with Crippen LogP contribution in [0.15, 0.2) is 73.1 Å². The summed E-state index contributed by atoms with van der Waals surface area (Å²) in [6.07, 6.45) is 4.11. The van der Waals surface area contributed by atoms with Crippen molar-refractivity contribution >= 4 is 23.2 Å². The molecule has 0 bridgehead atoms. The number of piperazine rings is 1. The third-order valence-electron chi connectivity index (χ3n) is 7.00. The molecule has 8 heteroatoms. The maximum atomic E-state index is 13.5. The first-order chi connectivity index (χ1) is 17.6. The molecule has 1 fully saturated rings. The Labute approximate surface area is 214 Å². The average Bonchev–Trinajstić information content (AvgIpc) is 3.54. The minimum absolute atomic E-state index is 0.112. The molecule has 4 aromatic rings. The molecule has 2 aromatic heterocycles. The van der Waals surface area contributed by atoms with Crippen LogP contribution in [0.25, 0.3) is 5.65 Å². The molecule has 1 saturated heterocycles. The molecular formula is C28H27ClN4O3. The van der Waals surface area contributed by atoms with Crippen molar-refractivity contribution in [3.8, 4) is 11.5 Å². The van der Waals surface area contributed by atoms with E-state index in [2.05, 4.69) is 28.1 Å². The number of carbonyl (C=O) groups is 1. The maximum absolute atomic E-state index is 13.5. The molecule has 0 N–H and O–H groups in total. The maximum Gasteiger partial charge on any atom is 0.231 e. The number of hydrogen-bond acceptors (Lipinski definition) is 5. The van der Waals surface area contributed by atoms with E-state index in [1.165, 1.54) is 5.56 Å². The van der Waals surface area contributed by atoms with Crippen molar-refractivity contribution in [3.63, 3.8) is 0 Å². The van der Waals surface area contributed by atoms with Gasteiger partial charge in [-0.25, -0.2) is 4.98 Å². The van der Waals surface area contributed by atoms with Gasteiger partial charge in [-0.3, -0.25) is 9.69 Å². The molecule has 184 valence electrons. The normalized spacial score (nSPS) is 16.4. The van der Waals surface area contributed by atoms with Gasteiger partial charge in [-0.1, -0.05) is 48.0 Å².